The summed E-state index contributed by atoms with van der Waals surface area (Å²) in [5.74, 6) is 0.117. The zero-order valence-electron chi connectivity index (χ0n) is 10.9. The second-order valence-electron chi connectivity index (χ2n) is 5.00. The standard InChI is InChI=1S/C15H15FN2OS/c16-13-4-2-1-3-11(13)7-14(19)17-8-12-9-20-15(18-12)10-5-6-10/h1-4,9-10H,5-8H2,(H,17,19). The maximum Gasteiger partial charge on any atom is 0.224 e. The van der Waals surface area contributed by atoms with E-state index < -0.39 is 0 Å². The Morgan fingerprint density at radius 2 is 2.20 bits per heavy atom. The highest BCUT2D eigenvalue weighted by atomic mass is 32.1. The van der Waals surface area contributed by atoms with Crippen molar-refractivity contribution in [1.29, 1.82) is 0 Å². The van der Waals surface area contributed by atoms with Crippen molar-refractivity contribution < 1.29 is 9.18 Å². The Labute approximate surface area is 120 Å². The molecule has 0 bridgehead atoms. The van der Waals surface area contributed by atoms with Crippen LogP contribution in [0.15, 0.2) is 29.6 Å². The number of carbonyl (C=O) groups excluding carboxylic acids is 1. The molecule has 1 N–H and O–H groups in total. The van der Waals surface area contributed by atoms with Crippen LogP contribution in [-0.4, -0.2) is 10.9 Å². The van der Waals surface area contributed by atoms with Gasteiger partial charge in [-0.1, -0.05) is 18.2 Å². The average molecular weight is 290 g/mol. The summed E-state index contributed by atoms with van der Waals surface area (Å²) in [6, 6.07) is 6.34. The molecule has 20 heavy (non-hydrogen) atoms. The molecule has 3 rings (SSSR count). The number of benzene rings is 1. The number of hydrogen-bond acceptors (Lipinski definition) is 3. The van der Waals surface area contributed by atoms with E-state index in [1.165, 1.54) is 23.9 Å². The molecule has 1 fully saturated rings. The lowest BCUT2D eigenvalue weighted by atomic mass is 10.1. The molecule has 1 aromatic carbocycles. The minimum atomic E-state index is -0.340. The topological polar surface area (TPSA) is 42.0 Å². The van der Waals surface area contributed by atoms with E-state index in [1.807, 2.05) is 5.38 Å². The highest BCUT2D eigenvalue weighted by Crippen LogP contribution is 2.41. The molecule has 0 saturated heterocycles. The van der Waals surface area contributed by atoms with E-state index >= 15 is 0 Å². The first-order valence-corrected chi connectivity index (χ1v) is 7.55. The number of nitrogens with zero attached hydrogens (tertiary/aromatic N) is 1. The van der Waals surface area contributed by atoms with Gasteiger partial charge in [0.25, 0.3) is 0 Å². The van der Waals surface area contributed by atoms with Gasteiger partial charge in [-0.3, -0.25) is 4.79 Å². The Morgan fingerprint density at radius 1 is 1.40 bits per heavy atom. The van der Waals surface area contributed by atoms with Gasteiger partial charge in [0.1, 0.15) is 5.82 Å². The molecule has 2 aromatic rings. The lowest BCUT2D eigenvalue weighted by Crippen LogP contribution is -2.25. The third kappa shape index (κ3) is 3.22. The van der Waals surface area contributed by atoms with Crippen LogP contribution in [0.25, 0.3) is 0 Å². The Hall–Kier alpha value is -1.75. The van der Waals surface area contributed by atoms with Crippen molar-refractivity contribution in [3.05, 3.63) is 51.7 Å². The average Bonchev–Trinajstić information content (AvgIpc) is 3.18. The van der Waals surface area contributed by atoms with Crippen molar-refractivity contribution in [2.75, 3.05) is 0 Å². The van der Waals surface area contributed by atoms with E-state index in [0.717, 1.165) is 5.69 Å². The van der Waals surface area contributed by atoms with Crippen LogP contribution in [0.2, 0.25) is 0 Å². The number of hydrogen-bond donors (Lipinski definition) is 1. The minimum absolute atomic E-state index is 0.0618. The molecule has 1 amide bonds. The summed E-state index contributed by atoms with van der Waals surface area (Å²) in [7, 11) is 0. The Bertz CT molecular complexity index is 622. The summed E-state index contributed by atoms with van der Waals surface area (Å²) in [5, 5.41) is 5.94. The molecule has 1 aromatic heterocycles. The van der Waals surface area contributed by atoms with Crippen LogP contribution >= 0.6 is 11.3 Å². The number of carbonyl (C=O) groups is 1. The summed E-state index contributed by atoms with van der Waals surface area (Å²) < 4.78 is 13.4. The normalized spacial score (nSPS) is 14.2. The Balaban J connectivity index is 1.52. The number of nitrogens with one attached hydrogen (secondary N) is 1. The molecule has 0 atom stereocenters. The summed E-state index contributed by atoms with van der Waals surface area (Å²) >= 11 is 1.66. The van der Waals surface area contributed by atoms with Gasteiger partial charge in [0, 0.05) is 11.3 Å². The molecule has 1 aliphatic carbocycles. The van der Waals surface area contributed by atoms with Crippen molar-refractivity contribution in [3.63, 3.8) is 0 Å². The Morgan fingerprint density at radius 3 is 2.95 bits per heavy atom. The van der Waals surface area contributed by atoms with Crippen LogP contribution in [0, 0.1) is 5.82 Å². The van der Waals surface area contributed by atoms with E-state index in [0.29, 0.717) is 18.0 Å². The van der Waals surface area contributed by atoms with Gasteiger partial charge < -0.3 is 5.32 Å². The van der Waals surface area contributed by atoms with Crippen molar-refractivity contribution in [2.24, 2.45) is 0 Å². The Kier molecular flexibility index (Phi) is 3.78. The fourth-order valence-electron chi connectivity index (χ4n) is 1.99. The number of halogens is 1. The summed E-state index contributed by atoms with van der Waals surface area (Å²) in [5.41, 5.74) is 1.31. The fourth-order valence-corrected chi connectivity index (χ4v) is 2.98. The van der Waals surface area contributed by atoms with E-state index in [2.05, 4.69) is 10.3 Å². The quantitative estimate of drug-likeness (QED) is 0.919. The van der Waals surface area contributed by atoms with E-state index in [-0.39, 0.29) is 18.1 Å². The molecule has 0 aliphatic heterocycles. The number of aromatic nitrogens is 1. The molecule has 1 heterocycles. The largest absolute Gasteiger partial charge is 0.350 e. The molecule has 0 spiro atoms. The number of rotatable bonds is 5. The number of thiazole rings is 1. The predicted octanol–water partition coefficient (Wildman–Crippen LogP) is 3.02. The molecule has 5 heteroatoms. The second-order valence-corrected chi connectivity index (χ2v) is 5.89. The first kappa shape index (κ1) is 13.2. The number of amides is 1. The van der Waals surface area contributed by atoms with Crippen LogP contribution in [0.1, 0.15) is 35.0 Å². The molecule has 1 saturated carbocycles. The zero-order chi connectivity index (χ0) is 13.9. The third-order valence-electron chi connectivity index (χ3n) is 3.27. The zero-order valence-corrected chi connectivity index (χ0v) is 11.8. The van der Waals surface area contributed by atoms with Gasteiger partial charge in [-0.2, -0.15) is 0 Å². The summed E-state index contributed by atoms with van der Waals surface area (Å²) in [6.07, 6.45) is 2.52. The first-order valence-electron chi connectivity index (χ1n) is 6.67. The fraction of sp³-hybridized carbons (Fsp3) is 0.333. The molecule has 3 nitrogen and oxygen atoms in total. The van der Waals surface area contributed by atoms with E-state index in [9.17, 15) is 9.18 Å². The van der Waals surface area contributed by atoms with Gasteiger partial charge in [0.2, 0.25) is 5.91 Å². The van der Waals surface area contributed by atoms with E-state index in [1.54, 1.807) is 29.5 Å². The highest BCUT2D eigenvalue weighted by Gasteiger charge is 2.26. The van der Waals surface area contributed by atoms with Gasteiger partial charge in [-0.15, -0.1) is 11.3 Å². The molecule has 104 valence electrons. The molecular weight excluding hydrogens is 275 g/mol. The SMILES string of the molecule is O=C(Cc1ccccc1F)NCc1csc(C2CC2)n1. The molecule has 0 unspecified atom stereocenters. The van der Waals surface area contributed by atoms with Crippen LogP contribution in [-0.2, 0) is 17.8 Å². The predicted molar refractivity (Wildman–Crippen MR) is 76.0 cm³/mol. The van der Waals surface area contributed by atoms with Gasteiger partial charge in [0.05, 0.1) is 23.7 Å². The van der Waals surface area contributed by atoms with Crippen LogP contribution in [0.5, 0.6) is 0 Å². The van der Waals surface area contributed by atoms with Crippen molar-refractivity contribution in [2.45, 2.75) is 31.7 Å². The van der Waals surface area contributed by atoms with Gasteiger partial charge in [-0.25, -0.2) is 9.37 Å². The molecule has 0 radical (unpaired) electrons. The molecule has 1 aliphatic rings. The minimum Gasteiger partial charge on any atom is -0.350 e. The van der Waals surface area contributed by atoms with Crippen LogP contribution < -0.4 is 5.32 Å². The summed E-state index contributed by atoms with van der Waals surface area (Å²) in [4.78, 5) is 16.3. The van der Waals surface area contributed by atoms with Gasteiger partial charge in [-0.05, 0) is 24.5 Å². The lowest BCUT2D eigenvalue weighted by Gasteiger charge is -2.04. The van der Waals surface area contributed by atoms with Crippen molar-refractivity contribution in [3.8, 4) is 0 Å². The second kappa shape index (κ2) is 5.71. The maximum atomic E-state index is 13.4. The smallest absolute Gasteiger partial charge is 0.224 e. The van der Waals surface area contributed by atoms with Crippen molar-refractivity contribution >= 4 is 17.2 Å². The van der Waals surface area contributed by atoms with Crippen LogP contribution in [0.4, 0.5) is 4.39 Å². The first-order chi connectivity index (χ1) is 9.72. The van der Waals surface area contributed by atoms with Crippen molar-refractivity contribution in [1.82, 2.24) is 10.3 Å². The van der Waals surface area contributed by atoms with Crippen LogP contribution in [0.3, 0.4) is 0 Å². The van der Waals surface area contributed by atoms with E-state index in [4.69, 9.17) is 0 Å². The highest BCUT2D eigenvalue weighted by molar-refractivity contribution is 7.09. The monoisotopic (exact) mass is 290 g/mol. The van der Waals surface area contributed by atoms with Gasteiger partial charge in [0.15, 0.2) is 0 Å². The third-order valence-corrected chi connectivity index (χ3v) is 4.33. The van der Waals surface area contributed by atoms with Gasteiger partial charge >= 0.3 is 0 Å². The molecular formula is C15H15FN2OS. The maximum absolute atomic E-state index is 13.4. The lowest BCUT2D eigenvalue weighted by molar-refractivity contribution is -0.120. The summed E-state index contributed by atoms with van der Waals surface area (Å²) in [6.45, 7) is 0.413.